The molecule has 140 valence electrons. The first-order chi connectivity index (χ1) is 12.5. The quantitative estimate of drug-likeness (QED) is 0.841. The fourth-order valence-corrected chi connectivity index (χ4v) is 3.65. The molecule has 0 saturated carbocycles. The van der Waals surface area contributed by atoms with Crippen molar-refractivity contribution in [2.75, 3.05) is 31.2 Å². The highest BCUT2D eigenvalue weighted by Crippen LogP contribution is 2.22. The molecule has 0 atom stereocenters. The van der Waals surface area contributed by atoms with Gasteiger partial charge in [0.25, 0.3) is 0 Å². The molecule has 0 unspecified atom stereocenters. The summed E-state index contributed by atoms with van der Waals surface area (Å²) in [5, 5.41) is 5.80. The van der Waals surface area contributed by atoms with E-state index in [9.17, 15) is 9.18 Å². The number of rotatable bonds is 6. The summed E-state index contributed by atoms with van der Waals surface area (Å²) in [6.07, 6.45) is 0.248. The number of benzene rings is 1. The van der Waals surface area contributed by atoms with Gasteiger partial charge in [-0.05, 0) is 17.7 Å². The second-order valence-corrected chi connectivity index (χ2v) is 7.56. The number of morpholine rings is 1. The van der Waals surface area contributed by atoms with Crippen molar-refractivity contribution < 1.29 is 13.9 Å². The molecule has 0 aliphatic carbocycles. The second kappa shape index (κ2) is 8.60. The predicted octanol–water partition coefficient (Wildman–Crippen LogP) is 3.10. The molecule has 1 N–H and O–H groups in total. The zero-order valence-electron chi connectivity index (χ0n) is 15.1. The lowest BCUT2D eigenvalue weighted by molar-refractivity contribution is -0.120. The standard InChI is InChI=1S/C19H24FN3O2S/c1-13(2)19-22-15(12-26-19)10-18(24)21-11-14-3-4-17(16(20)9-14)23-5-7-25-8-6-23/h3-4,9,12-13H,5-8,10-11H2,1-2H3,(H,21,24). The first kappa shape index (κ1) is 18.8. The molecule has 5 nitrogen and oxygen atoms in total. The van der Waals surface area contributed by atoms with Gasteiger partial charge in [0.15, 0.2) is 0 Å². The van der Waals surface area contributed by atoms with Crippen molar-refractivity contribution in [2.45, 2.75) is 32.7 Å². The largest absolute Gasteiger partial charge is 0.378 e. The Morgan fingerprint density at radius 3 is 2.81 bits per heavy atom. The molecule has 1 aliphatic heterocycles. The van der Waals surface area contributed by atoms with E-state index in [2.05, 4.69) is 24.1 Å². The third-order valence-corrected chi connectivity index (χ3v) is 5.45. The molecule has 0 spiro atoms. The Morgan fingerprint density at radius 1 is 1.38 bits per heavy atom. The second-order valence-electron chi connectivity index (χ2n) is 6.67. The Labute approximate surface area is 157 Å². The number of carbonyl (C=O) groups excluding carboxylic acids is 1. The van der Waals surface area contributed by atoms with E-state index in [1.54, 1.807) is 17.4 Å². The van der Waals surface area contributed by atoms with E-state index >= 15 is 0 Å². The van der Waals surface area contributed by atoms with Gasteiger partial charge in [0.05, 0.1) is 36.0 Å². The van der Waals surface area contributed by atoms with Crippen LogP contribution in [0.15, 0.2) is 23.6 Å². The van der Waals surface area contributed by atoms with Crippen molar-refractivity contribution in [3.63, 3.8) is 0 Å². The van der Waals surface area contributed by atoms with Crippen LogP contribution in [0.4, 0.5) is 10.1 Å². The molecule has 0 radical (unpaired) electrons. The van der Waals surface area contributed by atoms with E-state index in [1.807, 2.05) is 16.3 Å². The van der Waals surface area contributed by atoms with Crippen LogP contribution >= 0.6 is 11.3 Å². The number of hydrogen-bond acceptors (Lipinski definition) is 5. The fourth-order valence-electron chi connectivity index (χ4n) is 2.82. The number of nitrogens with one attached hydrogen (secondary N) is 1. The van der Waals surface area contributed by atoms with E-state index in [0.29, 0.717) is 44.5 Å². The summed E-state index contributed by atoms with van der Waals surface area (Å²) in [5.74, 6) is -0.00670. The normalized spacial score (nSPS) is 14.7. The molecule has 7 heteroatoms. The number of thiazole rings is 1. The van der Waals surface area contributed by atoms with Crippen LogP contribution < -0.4 is 10.2 Å². The van der Waals surface area contributed by atoms with Crippen molar-refractivity contribution in [3.8, 4) is 0 Å². The van der Waals surface area contributed by atoms with Crippen molar-refractivity contribution in [1.29, 1.82) is 0 Å². The minimum atomic E-state index is -0.264. The molecule has 1 saturated heterocycles. The number of anilines is 1. The SMILES string of the molecule is CC(C)c1nc(CC(=O)NCc2ccc(N3CCOCC3)c(F)c2)cs1. The highest BCUT2D eigenvalue weighted by Gasteiger charge is 2.15. The lowest BCUT2D eigenvalue weighted by atomic mass is 10.1. The van der Waals surface area contributed by atoms with Crippen molar-refractivity contribution in [2.24, 2.45) is 0 Å². The number of halogens is 1. The highest BCUT2D eigenvalue weighted by atomic mass is 32.1. The first-order valence-electron chi connectivity index (χ1n) is 8.85. The van der Waals surface area contributed by atoms with E-state index < -0.39 is 0 Å². The maximum atomic E-state index is 14.4. The molecule has 2 aromatic rings. The average molecular weight is 377 g/mol. The number of ether oxygens (including phenoxy) is 1. The highest BCUT2D eigenvalue weighted by molar-refractivity contribution is 7.09. The minimum absolute atomic E-state index is 0.108. The topological polar surface area (TPSA) is 54.5 Å². The number of hydrogen-bond donors (Lipinski definition) is 1. The Kier molecular flexibility index (Phi) is 6.21. The van der Waals surface area contributed by atoms with E-state index in [0.717, 1.165) is 16.3 Å². The number of nitrogens with zero attached hydrogens (tertiary/aromatic N) is 2. The van der Waals surface area contributed by atoms with Gasteiger partial charge in [0, 0.05) is 30.9 Å². The van der Waals surface area contributed by atoms with Crippen LogP contribution in [0.2, 0.25) is 0 Å². The number of amides is 1. The fraction of sp³-hybridized carbons (Fsp3) is 0.474. The van der Waals surface area contributed by atoms with Gasteiger partial charge < -0.3 is 15.0 Å². The van der Waals surface area contributed by atoms with Crippen LogP contribution in [-0.2, 0) is 22.5 Å². The van der Waals surface area contributed by atoms with Gasteiger partial charge in [-0.15, -0.1) is 11.3 Å². The van der Waals surface area contributed by atoms with Crippen LogP contribution in [0.5, 0.6) is 0 Å². The van der Waals surface area contributed by atoms with Gasteiger partial charge in [0.2, 0.25) is 5.91 Å². The van der Waals surface area contributed by atoms with Gasteiger partial charge in [-0.1, -0.05) is 19.9 Å². The third-order valence-electron chi connectivity index (χ3n) is 4.26. The summed E-state index contributed by atoms with van der Waals surface area (Å²) in [6, 6.07) is 5.12. The van der Waals surface area contributed by atoms with Crippen LogP contribution in [-0.4, -0.2) is 37.2 Å². The van der Waals surface area contributed by atoms with Gasteiger partial charge >= 0.3 is 0 Å². The third kappa shape index (κ3) is 4.80. The minimum Gasteiger partial charge on any atom is -0.378 e. The summed E-state index contributed by atoms with van der Waals surface area (Å²) in [7, 11) is 0. The number of aromatic nitrogens is 1. The average Bonchev–Trinajstić information content (AvgIpc) is 3.09. The summed E-state index contributed by atoms with van der Waals surface area (Å²) in [4.78, 5) is 18.5. The van der Waals surface area contributed by atoms with Gasteiger partial charge in [-0.3, -0.25) is 4.79 Å². The maximum Gasteiger partial charge on any atom is 0.226 e. The van der Waals surface area contributed by atoms with Gasteiger partial charge in [-0.25, -0.2) is 9.37 Å². The zero-order chi connectivity index (χ0) is 18.5. The summed E-state index contributed by atoms with van der Waals surface area (Å²) >= 11 is 1.58. The molecule has 1 aromatic carbocycles. The zero-order valence-corrected chi connectivity index (χ0v) is 15.9. The molecule has 1 aliphatic rings. The molecule has 0 bridgehead atoms. The summed E-state index contributed by atoms with van der Waals surface area (Å²) in [6.45, 7) is 7.09. The Hall–Kier alpha value is -1.99. The summed E-state index contributed by atoms with van der Waals surface area (Å²) in [5.41, 5.74) is 2.12. The van der Waals surface area contributed by atoms with Crippen LogP contribution in [0.1, 0.15) is 36.0 Å². The predicted molar refractivity (Wildman–Crippen MR) is 101 cm³/mol. The maximum absolute atomic E-state index is 14.4. The van der Waals surface area contributed by atoms with Crippen molar-refractivity contribution in [1.82, 2.24) is 10.3 Å². The lowest BCUT2D eigenvalue weighted by Gasteiger charge is -2.29. The summed E-state index contributed by atoms with van der Waals surface area (Å²) < 4.78 is 19.7. The van der Waals surface area contributed by atoms with E-state index in [1.165, 1.54) is 6.07 Å². The van der Waals surface area contributed by atoms with Crippen LogP contribution in [0.3, 0.4) is 0 Å². The van der Waals surface area contributed by atoms with Crippen molar-refractivity contribution >= 4 is 22.9 Å². The molecule has 3 rings (SSSR count). The molecule has 1 aromatic heterocycles. The Morgan fingerprint density at radius 2 is 2.15 bits per heavy atom. The van der Waals surface area contributed by atoms with E-state index in [-0.39, 0.29) is 18.1 Å². The molecule has 2 heterocycles. The molecular formula is C19H24FN3O2S. The van der Waals surface area contributed by atoms with Crippen molar-refractivity contribution in [3.05, 3.63) is 45.7 Å². The van der Waals surface area contributed by atoms with Crippen LogP contribution in [0, 0.1) is 5.82 Å². The monoisotopic (exact) mass is 377 g/mol. The molecule has 1 amide bonds. The Balaban J connectivity index is 1.53. The smallest absolute Gasteiger partial charge is 0.226 e. The van der Waals surface area contributed by atoms with E-state index in [4.69, 9.17) is 4.74 Å². The van der Waals surface area contributed by atoms with Gasteiger partial charge in [0.1, 0.15) is 5.82 Å². The first-order valence-corrected chi connectivity index (χ1v) is 9.73. The lowest BCUT2D eigenvalue weighted by Crippen LogP contribution is -2.36. The molecular weight excluding hydrogens is 353 g/mol. The number of carbonyl (C=O) groups is 1. The Bertz CT molecular complexity index is 757. The van der Waals surface area contributed by atoms with Crippen LogP contribution in [0.25, 0.3) is 0 Å². The molecule has 26 heavy (non-hydrogen) atoms. The molecule has 1 fully saturated rings. The van der Waals surface area contributed by atoms with Gasteiger partial charge in [-0.2, -0.15) is 0 Å².